The van der Waals surface area contributed by atoms with E-state index >= 15 is 0 Å². The fourth-order valence-corrected chi connectivity index (χ4v) is 2.57. The molecule has 0 bridgehead atoms. The van der Waals surface area contributed by atoms with E-state index in [1.54, 1.807) is 0 Å². The maximum absolute atomic E-state index is 5.66. The van der Waals surface area contributed by atoms with E-state index < -0.39 is 0 Å². The normalized spacial score (nSPS) is 10.6. The molecule has 94 valence electrons. The summed E-state index contributed by atoms with van der Waals surface area (Å²) in [6.45, 7) is 2.10. The molecule has 0 aliphatic carbocycles. The lowest BCUT2D eigenvalue weighted by atomic mass is 10.0. The third-order valence-corrected chi connectivity index (χ3v) is 3.76. The summed E-state index contributed by atoms with van der Waals surface area (Å²) in [6, 6.07) is 17.0. The number of aromatic nitrogens is 1. The monoisotopic (exact) mass is 266 g/mol. The van der Waals surface area contributed by atoms with Gasteiger partial charge in [-0.1, -0.05) is 54.1 Å². The minimum absolute atomic E-state index is 0.609. The second-order valence-electron chi connectivity index (χ2n) is 4.51. The van der Waals surface area contributed by atoms with E-state index in [4.69, 9.17) is 5.73 Å². The summed E-state index contributed by atoms with van der Waals surface area (Å²) in [5.41, 5.74) is 11.4. The third-order valence-electron chi connectivity index (χ3n) is 3.09. The number of nitrogens with zero attached hydrogens (tertiary/aromatic N) is 1. The van der Waals surface area contributed by atoms with Crippen molar-refractivity contribution in [1.29, 1.82) is 0 Å². The van der Waals surface area contributed by atoms with Gasteiger partial charge in [0.25, 0.3) is 0 Å². The molecule has 2 aromatic carbocycles. The van der Waals surface area contributed by atoms with Gasteiger partial charge in [-0.15, -0.1) is 11.3 Å². The van der Waals surface area contributed by atoms with Gasteiger partial charge in [-0.25, -0.2) is 4.98 Å². The predicted octanol–water partition coefficient (Wildman–Crippen LogP) is 4.37. The first-order valence-corrected chi connectivity index (χ1v) is 6.99. The van der Waals surface area contributed by atoms with Crippen LogP contribution in [-0.4, -0.2) is 4.98 Å². The molecule has 0 atom stereocenters. The Labute approximate surface area is 116 Å². The molecule has 3 rings (SSSR count). The molecule has 1 aromatic heterocycles. The first-order chi connectivity index (χ1) is 9.22. The highest BCUT2D eigenvalue weighted by molar-refractivity contribution is 7.13. The standard InChI is InChI=1S/C16H14N2S/c1-11-2-4-12(5-3-11)13-6-8-14(9-7-13)15-10-19-16(17)18-15/h2-10H,1H3,(H2,17,18). The lowest BCUT2D eigenvalue weighted by molar-refractivity contribution is 1.41. The fourth-order valence-electron chi connectivity index (χ4n) is 2.00. The van der Waals surface area contributed by atoms with Crippen molar-refractivity contribution in [2.75, 3.05) is 5.73 Å². The Morgan fingerprint density at radius 2 is 1.37 bits per heavy atom. The molecule has 3 heteroatoms. The third kappa shape index (κ3) is 2.51. The fraction of sp³-hybridized carbons (Fsp3) is 0.0625. The first kappa shape index (κ1) is 11.9. The number of benzene rings is 2. The summed E-state index contributed by atoms with van der Waals surface area (Å²) >= 11 is 1.47. The molecular weight excluding hydrogens is 252 g/mol. The molecule has 0 unspecified atom stereocenters. The minimum Gasteiger partial charge on any atom is -0.375 e. The van der Waals surface area contributed by atoms with Gasteiger partial charge < -0.3 is 5.73 Å². The van der Waals surface area contributed by atoms with Crippen LogP contribution in [0.3, 0.4) is 0 Å². The molecule has 0 radical (unpaired) electrons. The summed E-state index contributed by atoms with van der Waals surface area (Å²) < 4.78 is 0. The van der Waals surface area contributed by atoms with Gasteiger partial charge >= 0.3 is 0 Å². The van der Waals surface area contributed by atoms with Gasteiger partial charge in [0, 0.05) is 10.9 Å². The quantitative estimate of drug-likeness (QED) is 0.748. The number of nitrogens with two attached hydrogens (primary N) is 1. The highest BCUT2D eigenvalue weighted by atomic mass is 32.1. The van der Waals surface area contributed by atoms with Gasteiger partial charge in [0.2, 0.25) is 0 Å². The maximum atomic E-state index is 5.66. The summed E-state index contributed by atoms with van der Waals surface area (Å²) in [6.07, 6.45) is 0. The Kier molecular flexibility index (Phi) is 3.05. The van der Waals surface area contributed by atoms with Crippen LogP contribution in [0.5, 0.6) is 0 Å². The van der Waals surface area contributed by atoms with Gasteiger partial charge in [0.1, 0.15) is 0 Å². The minimum atomic E-state index is 0.609. The van der Waals surface area contributed by atoms with Crippen molar-refractivity contribution >= 4 is 16.5 Å². The maximum Gasteiger partial charge on any atom is 0.180 e. The van der Waals surface area contributed by atoms with Crippen LogP contribution in [-0.2, 0) is 0 Å². The summed E-state index contributed by atoms with van der Waals surface area (Å²) in [5, 5.41) is 2.59. The van der Waals surface area contributed by atoms with E-state index in [9.17, 15) is 0 Å². The van der Waals surface area contributed by atoms with E-state index in [-0.39, 0.29) is 0 Å². The molecule has 0 aliphatic rings. The predicted molar refractivity (Wildman–Crippen MR) is 82.1 cm³/mol. The van der Waals surface area contributed by atoms with Crippen LogP contribution in [0.2, 0.25) is 0 Å². The largest absolute Gasteiger partial charge is 0.375 e. The van der Waals surface area contributed by atoms with Crippen molar-refractivity contribution < 1.29 is 0 Å². The highest BCUT2D eigenvalue weighted by Gasteiger charge is 2.03. The first-order valence-electron chi connectivity index (χ1n) is 6.11. The topological polar surface area (TPSA) is 38.9 Å². The zero-order chi connectivity index (χ0) is 13.2. The molecule has 0 aliphatic heterocycles. The van der Waals surface area contributed by atoms with E-state index in [2.05, 4.69) is 60.4 Å². The van der Waals surface area contributed by atoms with Gasteiger partial charge in [0.15, 0.2) is 5.13 Å². The van der Waals surface area contributed by atoms with Crippen molar-refractivity contribution in [3.63, 3.8) is 0 Å². The number of hydrogen-bond acceptors (Lipinski definition) is 3. The van der Waals surface area contributed by atoms with Crippen LogP contribution in [0.15, 0.2) is 53.9 Å². The van der Waals surface area contributed by atoms with Crippen LogP contribution in [0.1, 0.15) is 5.56 Å². The summed E-state index contributed by atoms with van der Waals surface area (Å²) in [5.74, 6) is 0. The van der Waals surface area contributed by atoms with Crippen LogP contribution in [0.4, 0.5) is 5.13 Å². The van der Waals surface area contributed by atoms with Gasteiger partial charge in [-0.05, 0) is 18.1 Å². The van der Waals surface area contributed by atoms with E-state index in [0.29, 0.717) is 5.13 Å². The number of rotatable bonds is 2. The van der Waals surface area contributed by atoms with E-state index in [1.807, 2.05) is 5.38 Å². The number of anilines is 1. The van der Waals surface area contributed by atoms with Crippen LogP contribution < -0.4 is 5.73 Å². The molecule has 1 heterocycles. The molecule has 0 saturated carbocycles. The Balaban J connectivity index is 1.92. The SMILES string of the molecule is Cc1ccc(-c2ccc(-c3csc(N)n3)cc2)cc1. The Morgan fingerprint density at radius 1 is 0.842 bits per heavy atom. The number of nitrogen functional groups attached to an aromatic ring is 1. The Bertz CT molecular complexity index is 682. The Hall–Kier alpha value is -2.13. The van der Waals surface area contributed by atoms with E-state index in [1.165, 1.54) is 28.0 Å². The molecule has 19 heavy (non-hydrogen) atoms. The average Bonchev–Trinajstić information content (AvgIpc) is 2.87. The lowest BCUT2D eigenvalue weighted by Crippen LogP contribution is -1.83. The highest BCUT2D eigenvalue weighted by Crippen LogP contribution is 2.26. The van der Waals surface area contributed by atoms with Crippen LogP contribution in [0.25, 0.3) is 22.4 Å². The zero-order valence-electron chi connectivity index (χ0n) is 10.6. The van der Waals surface area contributed by atoms with E-state index in [0.717, 1.165) is 11.3 Å². The number of hydrogen-bond donors (Lipinski definition) is 1. The lowest BCUT2D eigenvalue weighted by Gasteiger charge is -2.03. The van der Waals surface area contributed by atoms with Gasteiger partial charge in [-0.2, -0.15) is 0 Å². The van der Waals surface area contributed by atoms with Crippen molar-refractivity contribution in [3.05, 3.63) is 59.5 Å². The second kappa shape index (κ2) is 4.86. The van der Waals surface area contributed by atoms with Crippen molar-refractivity contribution in [2.45, 2.75) is 6.92 Å². The molecule has 0 spiro atoms. The molecule has 2 N–H and O–H groups in total. The van der Waals surface area contributed by atoms with Gasteiger partial charge in [-0.3, -0.25) is 0 Å². The zero-order valence-corrected chi connectivity index (χ0v) is 11.4. The molecule has 2 nitrogen and oxygen atoms in total. The molecular formula is C16H14N2S. The smallest absolute Gasteiger partial charge is 0.180 e. The Morgan fingerprint density at radius 3 is 1.89 bits per heavy atom. The number of aryl methyl sites for hydroxylation is 1. The molecule has 0 amide bonds. The molecule has 3 aromatic rings. The van der Waals surface area contributed by atoms with Crippen molar-refractivity contribution in [1.82, 2.24) is 4.98 Å². The van der Waals surface area contributed by atoms with Crippen molar-refractivity contribution in [3.8, 4) is 22.4 Å². The summed E-state index contributed by atoms with van der Waals surface area (Å²) in [7, 11) is 0. The molecule has 0 saturated heterocycles. The van der Waals surface area contributed by atoms with Crippen molar-refractivity contribution in [2.24, 2.45) is 0 Å². The summed E-state index contributed by atoms with van der Waals surface area (Å²) in [4.78, 5) is 4.29. The molecule has 0 fully saturated rings. The van der Waals surface area contributed by atoms with Crippen LogP contribution in [0, 0.1) is 6.92 Å². The van der Waals surface area contributed by atoms with Crippen LogP contribution >= 0.6 is 11.3 Å². The second-order valence-corrected chi connectivity index (χ2v) is 5.40. The average molecular weight is 266 g/mol. The number of thiazole rings is 1. The van der Waals surface area contributed by atoms with Gasteiger partial charge in [0.05, 0.1) is 5.69 Å².